The van der Waals surface area contributed by atoms with E-state index < -0.39 is 23.6 Å². The maximum Gasteiger partial charge on any atom is 0.220 e. The summed E-state index contributed by atoms with van der Waals surface area (Å²) in [7, 11) is 1.36. The van der Waals surface area contributed by atoms with Crippen molar-refractivity contribution in [2.24, 2.45) is 0 Å². The van der Waals surface area contributed by atoms with Crippen molar-refractivity contribution in [1.82, 2.24) is 5.32 Å². The molecular weight excluding hydrogens is 335 g/mol. The van der Waals surface area contributed by atoms with Crippen LogP contribution in [0.2, 0.25) is 0 Å². The van der Waals surface area contributed by atoms with E-state index in [1.54, 1.807) is 6.07 Å². The number of rotatable bonds is 7. The molecule has 0 bridgehead atoms. The Morgan fingerprint density at radius 2 is 1.88 bits per heavy atom. The number of halogens is 3. The third-order valence-corrected chi connectivity index (χ3v) is 3.68. The van der Waals surface area contributed by atoms with Crippen molar-refractivity contribution in [2.45, 2.75) is 18.9 Å². The SMILES string of the molecule is COc1ccc(CCC(=O)NCC(O)c2ccc(F)c(F)c2)cc1F. The van der Waals surface area contributed by atoms with Gasteiger partial charge in [-0.15, -0.1) is 0 Å². The minimum Gasteiger partial charge on any atom is -0.494 e. The Bertz CT molecular complexity index is 752. The van der Waals surface area contributed by atoms with Crippen LogP contribution in [0.25, 0.3) is 0 Å². The van der Waals surface area contributed by atoms with Gasteiger partial charge in [-0.05, 0) is 41.8 Å². The lowest BCUT2D eigenvalue weighted by Crippen LogP contribution is -2.28. The first kappa shape index (κ1) is 18.8. The molecule has 0 saturated heterocycles. The van der Waals surface area contributed by atoms with Gasteiger partial charge in [-0.2, -0.15) is 0 Å². The number of ether oxygens (including phenoxy) is 1. The van der Waals surface area contributed by atoms with Gasteiger partial charge in [0.2, 0.25) is 5.91 Å². The molecule has 0 spiro atoms. The summed E-state index contributed by atoms with van der Waals surface area (Å²) in [4.78, 5) is 11.8. The highest BCUT2D eigenvalue weighted by atomic mass is 19.2. The zero-order valence-corrected chi connectivity index (χ0v) is 13.6. The fourth-order valence-corrected chi connectivity index (χ4v) is 2.26. The van der Waals surface area contributed by atoms with Crippen LogP contribution in [-0.2, 0) is 11.2 Å². The first-order valence-electron chi connectivity index (χ1n) is 7.63. The number of hydrogen-bond donors (Lipinski definition) is 2. The third kappa shape index (κ3) is 5.22. The number of methoxy groups -OCH3 is 1. The molecule has 0 radical (unpaired) electrons. The topological polar surface area (TPSA) is 58.6 Å². The second kappa shape index (κ2) is 8.53. The van der Waals surface area contributed by atoms with Gasteiger partial charge >= 0.3 is 0 Å². The van der Waals surface area contributed by atoms with E-state index in [4.69, 9.17) is 4.74 Å². The van der Waals surface area contributed by atoms with Crippen molar-refractivity contribution < 1.29 is 27.8 Å². The summed E-state index contributed by atoms with van der Waals surface area (Å²) in [5.41, 5.74) is 0.797. The van der Waals surface area contributed by atoms with Crippen LogP contribution in [0.4, 0.5) is 13.2 Å². The fraction of sp³-hybridized carbons (Fsp3) is 0.278. The number of carbonyl (C=O) groups excluding carboxylic acids is 1. The molecule has 25 heavy (non-hydrogen) atoms. The van der Waals surface area contributed by atoms with E-state index in [1.807, 2.05) is 0 Å². The molecule has 0 aliphatic heterocycles. The molecule has 2 N–H and O–H groups in total. The Hall–Kier alpha value is -2.54. The number of aliphatic hydroxyl groups is 1. The van der Waals surface area contributed by atoms with Gasteiger partial charge in [0.15, 0.2) is 23.2 Å². The quantitative estimate of drug-likeness (QED) is 0.805. The molecule has 0 heterocycles. The lowest BCUT2D eigenvalue weighted by molar-refractivity contribution is -0.121. The average molecular weight is 353 g/mol. The number of aliphatic hydroxyl groups excluding tert-OH is 1. The number of benzene rings is 2. The maximum atomic E-state index is 13.6. The summed E-state index contributed by atoms with van der Waals surface area (Å²) in [6.45, 7) is -0.138. The molecule has 0 aromatic heterocycles. The first-order chi connectivity index (χ1) is 11.9. The van der Waals surface area contributed by atoms with Crippen molar-refractivity contribution in [1.29, 1.82) is 0 Å². The second-order valence-corrected chi connectivity index (χ2v) is 5.46. The molecule has 0 aliphatic carbocycles. The normalized spacial score (nSPS) is 11.9. The van der Waals surface area contributed by atoms with Crippen LogP contribution in [0, 0.1) is 17.5 Å². The number of aryl methyl sites for hydroxylation is 1. The van der Waals surface area contributed by atoms with E-state index in [0.29, 0.717) is 12.0 Å². The lowest BCUT2D eigenvalue weighted by atomic mass is 10.1. The van der Waals surface area contributed by atoms with Crippen molar-refractivity contribution >= 4 is 5.91 Å². The van der Waals surface area contributed by atoms with Crippen LogP contribution in [0.5, 0.6) is 5.75 Å². The minimum atomic E-state index is -1.16. The summed E-state index contributed by atoms with van der Waals surface area (Å²) in [6, 6.07) is 7.47. The van der Waals surface area contributed by atoms with Crippen LogP contribution >= 0.6 is 0 Å². The third-order valence-electron chi connectivity index (χ3n) is 3.68. The predicted octanol–water partition coefficient (Wildman–Crippen LogP) is 2.89. The van der Waals surface area contributed by atoms with Crippen LogP contribution in [-0.4, -0.2) is 24.7 Å². The van der Waals surface area contributed by atoms with Gasteiger partial charge in [-0.25, -0.2) is 13.2 Å². The number of carbonyl (C=O) groups is 1. The first-order valence-corrected chi connectivity index (χ1v) is 7.63. The van der Waals surface area contributed by atoms with E-state index in [0.717, 1.165) is 12.1 Å². The van der Waals surface area contributed by atoms with E-state index in [1.165, 1.54) is 25.3 Å². The van der Waals surface area contributed by atoms with Crippen molar-refractivity contribution in [3.63, 3.8) is 0 Å². The predicted molar refractivity (Wildman–Crippen MR) is 85.6 cm³/mol. The van der Waals surface area contributed by atoms with Gasteiger partial charge in [0, 0.05) is 13.0 Å². The smallest absolute Gasteiger partial charge is 0.220 e. The minimum absolute atomic E-state index is 0.0935. The fourth-order valence-electron chi connectivity index (χ4n) is 2.26. The zero-order valence-electron chi connectivity index (χ0n) is 13.6. The van der Waals surface area contributed by atoms with E-state index in [-0.39, 0.29) is 30.2 Å². The van der Waals surface area contributed by atoms with Crippen LogP contribution < -0.4 is 10.1 Å². The molecule has 2 aromatic rings. The van der Waals surface area contributed by atoms with Crippen molar-refractivity contribution in [3.8, 4) is 5.75 Å². The Morgan fingerprint density at radius 3 is 2.52 bits per heavy atom. The molecule has 2 rings (SSSR count). The molecule has 4 nitrogen and oxygen atoms in total. The highest BCUT2D eigenvalue weighted by Gasteiger charge is 2.12. The van der Waals surface area contributed by atoms with Gasteiger partial charge in [-0.1, -0.05) is 12.1 Å². The Morgan fingerprint density at radius 1 is 1.12 bits per heavy atom. The molecule has 1 atom stereocenters. The van der Waals surface area contributed by atoms with E-state index >= 15 is 0 Å². The Balaban J connectivity index is 1.82. The van der Waals surface area contributed by atoms with Crippen molar-refractivity contribution in [2.75, 3.05) is 13.7 Å². The highest BCUT2D eigenvalue weighted by molar-refractivity contribution is 5.76. The summed E-state index contributed by atoms with van der Waals surface area (Å²) in [5.74, 6) is -2.80. The monoisotopic (exact) mass is 353 g/mol. The molecule has 2 aromatic carbocycles. The second-order valence-electron chi connectivity index (χ2n) is 5.46. The summed E-state index contributed by atoms with van der Waals surface area (Å²) in [5, 5.41) is 12.4. The van der Waals surface area contributed by atoms with Crippen LogP contribution in [0.1, 0.15) is 23.7 Å². The Kier molecular flexibility index (Phi) is 6.41. The van der Waals surface area contributed by atoms with E-state index in [2.05, 4.69) is 5.32 Å². The number of hydrogen-bond acceptors (Lipinski definition) is 3. The molecule has 134 valence electrons. The average Bonchev–Trinajstić information content (AvgIpc) is 2.60. The van der Waals surface area contributed by atoms with Crippen LogP contribution in [0.3, 0.4) is 0 Å². The van der Waals surface area contributed by atoms with Gasteiger partial charge in [0.25, 0.3) is 0 Å². The maximum absolute atomic E-state index is 13.6. The van der Waals surface area contributed by atoms with Gasteiger partial charge in [0.05, 0.1) is 13.2 Å². The molecule has 1 unspecified atom stereocenters. The summed E-state index contributed by atoms with van der Waals surface area (Å²) < 4.78 is 44.4. The van der Waals surface area contributed by atoms with Crippen LogP contribution in [0.15, 0.2) is 36.4 Å². The highest BCUT2D eigenvalue weighted by Crippen LogP contribution is 2.19. The molecular formula is C18H18F3NO3. The molecule has 1 amide bonds. The number of amides is 1. The Labute approximate surface area is 143 Å². The lowest BCUT2D eigenvalue weighted by Gasteiger charge is -2.12. The standard InChI is InChI=1S/C18H18F3NO3/c1-25-17-6-2-11(8-15(17)21)3-7-18(24)22-10-16(23)12-4-5-13(19)14(20)9-12/h2,4-6,8-9,16,23H,3,7,10H2,1H3,(H,22,24). The molecule has 0 saturated carbocycles. The molecule has 0 aliphatic rings. The summed E-state index contributed by atoms with van der Waals surface area (Å²) in [6.07, 6.45) is -0.748. The van der Waals surface area contributed by atoms with Gasteiger partial charge < -0.3 is 15.2 Å². The van der Waals surface area contributed by atoms with E-state index in [9.17, 15) is 23.1 Å². The van der Waals surface area contributed by atoms with Crippen molar-refractivity contribution in [3.05, 3.63) is 65.0 Å². The molecule has 7 heteroatoms. The summed E-state index contributed by atoms with van der Waals surface area (Å²) >= 11 is 0. The van der Waals surface area contributed by atoms with Gasteiger partial charge in [-0.3, -0.25) is 4.79 Å². The zero-order chi connectivity index (χ0) is 18.4. The largest absolute Gasteiger partial charge is 0.494 e. The van der Waals surface area contributed by atoms with Gasteiger partial charge in [0.1, 0.15) is 0 Å². The number of nitrogens with one attached hydrogen (secondary N) is 1. The molecule has 0 fully saturated rings.